The van der Waals surface area contributed by atoms with Gasteiger partial charge in [0.2, 0.25) is 0 Å². The lowest BCUT2D eigenvalue weighted by atomic mass is 10.1. The summed E-state index contributed by atoms with van der Waals surface area (Å²) in [7, 11) is 0. The van der Waals surface area contributed by atoms with Crippen LogP contribution in [-0.2, 0) is 0 Å². The lowest BCUT2D eigenvalue weighted by Crippen LogP contribution is -1.72. The molecule has 1 heterocycles. The Bertz CT molecular complexity index is 745. The highest BCUT2D eigenvalue weighted by Crippen LogP contribution is 2.39. The van der Waals surface area contributed by atoms with Crippen molar-refractivity contribution >= 4 is 68.3 Å². The van der Waals surface area contributed by atoms with Crippen LogP contribution >= 0.6 is 46.4 Å². The van der Waals surface area contributed by atoms with Crippen molar-refractivity contribution in [1.29, 1.82) is 0 Å². The number of fused-ring (bicyclic) bond motifs is 3. The summed E-state index contributed by atoms with van der Waals surface area (Å²) in [6.07, 6.45) is 0. The first-order valence-electron chi connectivity index (χ1n) is 4.72. The topological polar surface area (TPSA) is 13.1 Å². The molecule has 86 valence electrons. The maximum atomic E-state index is 6.15. The predicted molar refractivity (Wildman–Crippen MR) is 73.8 cm³/mol. The van der Waals surface area contributed by atoms with Gasteiger partial charge in [-0.1, -0.05) is 46.4 Å². The number of rotatable bonds is 0. The van der Waals surface area contributed by atoms with Crippen molar-refractivity contribution in [2.24, 2.45) is 0 Å². The first-order valence-corrected chi connectivity index (χ1v) is 6.24. The first kappa shape index (κ1) is 11.5. The van der Waals surface area contributed by atoms with Crippen LogP contribution in [0.3, 0.4) is 0 Å². The van der Waals surface area contributed by atoms with Gasteiger partial charge in [0, 0.05) is 27.9 Å². The Morgan fingerprint density at radius 1 is 0.706 bits per heavy atom. The van der Waals surface area contributed by atoms with E-state index in [1.54, 1.807) is 24.3 Å². The van der Waals surface area contributed by atoms with Gasteiger partial charge < -0.3 is 4.42 Å². The van der Waals surface area contributed by atoms with Gasteiger partial charge in [-0.2, -0.15) is 0 Å². The fourth-order valence-corrected chi connectivity index (χ4v) is 2.71. The molecule has 0 unspecified atom stereocenters. The highest BCUT2D eigenvalue weighted by atomic mass is 35.5. The third-order valence-corrected chi connectivity index (χ3v) is 3.77. The van der Waals surface area contributed by atoms with Crippen LogP contribution in [0.4, 0.5) is 0 Å². The summed E-state index contributed by atoms with van der Waals surface area (Å²) in [6, 6.07) is 6.79. The van der Waals surface area contributed by atoms with Crippen LogP contribution in [0.25, 0.3) is 21.9 Å². The van der Waals surface area contributed by atoms with Crippen LogP contribution < -0.4 is 0 Å². The van der Waals surface area contributed by atoms with Gasteiger partial charge in [0.25, 0.3) is 0 Å². The zero-order valence-corrected chi connectivity index (χ0v) is 11.3. The van der Waals surface area contributed by atoms with E-state index in [9.17, 15) is 0 Å². The Labute approximate surface area is 117 Å². The number of hydrogen-bond donors (Lipinski definition) is 0. The van der Waals surface area contributed by atoms with Crippen molar-refractivity contribution in [2.75, 3.05) is 0 Å². The van der Waals surface area contributed by atoms with E-state index >= 15 is 0 Å². The normalized spacial score (nSPS) is 11.5. The quantitative estimate of drug-likeness (QED) is 0.482. The van der Waals surface area contributed by atoms with Gasteiger partial charge >= 0.3 is 0 Å². The number of halogens is 4. The van der Waals surface area contributed by atoms with E-state index in [2.05, 4.69) is 0 Å². The molecule has 0 saturated heterocycles. The van der Waals surface area contributed by atoms with E-state index in [4.69, 9.17) is 50.8 Å². The molecule has 5 heteroatoms. The minimum Gasteiger partial charge on any atom is -0.456 e. The van der Waals surface area contributed by atoms with E-state index < -0.39 is 0 Å². The van der Waals surface area contributed by atoms with E-state index in [1.807, 2.05) is 0 Å². The second-order valence-electron chi connectivity index (χ2n) is 3.63. The Morgan fingerprint density at radius 3 is 2.18 bits per heavy atom. The van der Waals surface area contributed by atoms with Crippen molar-refractivity contribution in [1.82, 2.24) is 0 Å². The van der Waals surface area contributed by atoms with Gasteiger partial charge in [-0.25, -0.2) is 0 Å². The standard InChI is InChI=1S/C12H4Cl4O/c13-5-1-9(16)12-6-3-7(14)8(15)4-10(6)17-11(12)2-5/h1-4H. The monoisotopic (exact) mass is 304 g/mol. The van der Waals surface area contributed by atoms with Gasteiger partial charge in [-0.3, -0.25) is 0 Å². The largest absolute Gasteiger partial charge is 0.456 e. The SMILES string of the molecule is Clc1cc(Cl)c2c(c1)oc1cc(Cl)c(Cl)cc12. The third-order valence-electron chi connectivity index (χ3n) is 2.53. The summed E-state index contributed by atoms with van der Waals surface area (Å²) in [4.78, 5) is 0. The summed E-state index contributed by atoms with van der Waals surface area (Å²) in [5.41, 5.74) is 1.26. The van der Waals surface area contributed by atoms with E-state index in [0.29, 0.717) is 31.3 Å². The fraction of sp³-hybridized carbons (Fsp3) is 0. The van der Waals surface area contributed by atoms with Crippen LogP contribution in [0.15, 0.2) is 28.7 Å². The predicted octanol–water partition coefficient (Wildman–Crippen LogP) is 6.20. The summed E-state index contributed by atoms with van der Waals surface area (Å²) in [5, 5.41) is 3.59. The Balaban J connectivity index is 2.56. The van der Waals surface area contributed by atoms with Crippen LogP contribution in [0, 0.1) is 0 Å². The summed E-state index contributed by atoms with van der Waals surface area (Å²) >= 11 is 24.0. The molecular weight excluding hydrogens is 302 g/mol. The molecule has 0 N–H and O–H groups in total. The average Bonchev–Trinajstić information content (AvgIpc) is 2.56. The van der Waals surface area contributed by atoms with Crippen LogP contribution in [0.5, 0.6) is 0 Å². The maximum absolute atomic E-state index is 6.15. The Morgan fingerprint density at radius 2 is 1.41 bits per heavy atom. The summed E-state index contributed by atoms with van der Waals surface area (Å²) in [5.74, 6) is 0. The van der Waals surface area contributed by atoms with Crippen molar-refractivity contribution in [3.63, 3.8) is 0 Å². The molecule has 2 aromatic carbocycles. The van der Waals surface area contributed by atoms with E-state index in [0.717, 1.165) is 10.8 Å². The molecule has 0 radical (unpaired) electrons. The maximum Gasteiger partial charge on any atom is 0.138 e. The molecule has 1 aromatic heterocycles. The van der Waals surface area contributed by atoms with Gasteiger partial charge in [0.1, 0.15) is 11.2 Å². The van der Waals surface area contributed by atoms with Crippen molar-refractivity contribution in [3.05, 3.63) is 44.4 Å². The molecule has 0 saturated carbocycles. The van der Waals surface area contributed by atoms with Crippen LogP contribution in [0.2, 0.25) is 20.1 Å². The molecule has 0 atom stereocenters. The third kappa shape index (κ3) is 1.78. The molecule has 0 spiro atoms. The van der Waals surface area contributed by atoms with Crippen LogP contribution in [0.1, 0.15) is 0 Å². The summed E-state index contributed by atoms with van der Waals surface area (Å²) < 4.78 is 5.64. The second-order valence-corrected chi connectivity index (χ2v) is 5.28. The molecule has 0 bridgehead atoms. The van der Waals surface area contributed by atoms with Crippen molar-refractivity contribution in [2.45, 2.75) is 0 Å². The molecular formula is C12H4Cl4O. The van der Waals surface area contributed by atoms with Gasteiger partial charge in [-0.05, 0) is 12.1 Å². The molecule has 17 heavy (non-hydrogen) atoms. The van der Waals surface area contributed by atoms with Crippen molar-refractivity contribution in [3.8, 4) is 0 Å². The molecule has 0 aliphatic heterocycles. The van der Waals surface area contributed by atoms with E-state index in [1.165, 1.54) is 0 Å². The fourth-order valence-electron chi connectivity index (χ4n) is 1.82. The van der Waals surface area contributed by atoms with E-state index in [-0.39, 0.29) is 0 Å². The van der Waals surface area contributed by atoms with Gasteiger partial charge in [0.05, 0.1) is 15.1 Å². The number of benzene rings is 2. The Kier molecular flexibility index (Phi) is 2.68. The zero-order valence-electron chi connectivity index (χ0n) is 8.23. The molecule has 1 nitrogen and oxygen atoms in total. The summed E-state index contributed by atoms with van der Waals surface area (Å²) in [6.45, 7) is 0. The molecule has 0 amide bonds. The molecule has 0 aliphatic rings. The van der Waals surface area contributed by atoms with Crippen molar-refractivity contribution < 1.29 is 4.42 Å². The lowest BCUT2D eigenvalue weighted by Gasteiger charge is -1.96. The zero-order chi connectivity index (χ0) is 12.2. The number of hydrogen-bond acceptors (Lipinski definition) is 1. The molecule has 0 aliphatic carbocycles. The van der Waals surface area contributed by atoms with Gasteiger partial charge in [-0.15, -0.1) is 0 Å². The second kappa shape index (κ2) is 3.96. The average molecular weight is 306 g/mol. The lowest BCUT2D eigenvalue weighted by molar-refractivity contribution is 0.669. The highest BCUT2D eigenvalue weighted by molar-refractivity contribution is 6.44. The number of furan rings is 1. The molecule has 3 rings (SSSR count). The van der Waals surface area contributed by atoms with Gasteiger partial charge in [0.15, 0.2) is 0 Å². The smallest absolute Gasteiger partial charge is 0.138 e. The van der Waals surface area contributed by atoms with Crippen LogP contribution in [-0.4, -0.2) is 0 Å². The minimum atomic E-state index is 0.445. The molecule has 3 aromatic rings. The first-order chi connectivity index (χ1) is 8.06. The highest BCUT2D eigenvalue weighted by Gasteiger charge is 2.13. The molecule has 0 fully saturated rings. The minimum absolute atomic E-state index is 0.445. The Hall–Kier alpha value is -0.600.